The first kappa shape index (κ1) is 14.8. The number of nitrogens with two attached hydrogens (primary N) is 2. The molecule has 2 atom stereocenters. The van der Waals surface area contributed by atoms with E-state index in [4.69, 9.17) is 28.4 Å². The van der Waals surface area contributed by atoms with Crippen molar-refractivity contribution in [1.82, 2.24) is 4.90 Å². The number of morpholine rings is 1. The van der Waals surface area contributed by atoms with Crippen LogP contribution in [0.5, 0.6) is 0 Å². The molecule has 0 spiro atoms. The van der Waals surface area contributed by atoms with Gasteiger partial charge in [-0.15, -0.1) is 0 Å². The maximum absolute atomic E-state index is 12.4. The zero-order valence-corrected chi connectivity index (χ0v) is 11.4. The van der Waals surface area contributed by atoms with Crippen molar-refractivity contribution in [2.75, 3.05) is 19.8 Å². The monoisotopic (exact) mass is 273 g/mol. The fourth-order valence-electron chi connectivity index (χ4n) is 2.02. The lowest BCUT2D eigenvalue weighted by molar-refractivity contribution is -0.149. The predicted octanol–water partition coefficient (Wildman–Crippen LogP) is -0.743. The van der Waals surface area contributed by atoms with Gasteiger partial charge in [-0.25, -0.2) is 0 Å². The summed E-state index contributed by atoms with van der Waals surface area (Å²) in [6.45, 7) is 4.57. The van der Waals surface area contributed by atoms with E-state index in [0.29, 0.717) is 13.2 Å². The number of hydrogen-bond acceptors (Lipinski definition) is 4. The number of ether oxygens (including phenoxy) is 1. The number of thiocarbonyl (C=S) groups is 1. The summed E-state index contributed by atoms with van der Waals surface area (Å²) in [7, 11) is 0. The molecule has 0 radical (unpaired) electrons. The van der Waals surface area contributed by atoms with Gasteiger partial charge in [-0.1, -0.05) is 26.1 Å². The van der Waals surface area contributed by atoms with Crippen LogP contribution in [0.4, 0.5) is 0 Å². The molecule has 1 fully saturated rings. The van der Waals surface area contributed by atoms with E-state index in [1.165, 1.54) is 4.90 Å². The highest BCUT2D eigenvalue weighted by Crippen LogP contribution is 2.18. The molecule has 0 aliphatic carbocycles. The third kappa shape index (κ3) is 3.17. The van der Waals surface area contributed by atoms with Crippen LogP contribution in [0.15, 0.2) is 0 Å². The van der Waals surface area contributed by atoms with Gasteiger partial charge in [0.25, 0.3) is 0 Å². The normalized spacial score (nSPS) is 21.7. The van der Waals surface area contributed by atoms with Gasteiger partial charge in [-0.3, -0.25) is 9.59 Å². The van der Waals surface area contributed by atoms with E-state index in [0.717, 1.165) is 0 Å². The molecule has 18 heavy (non-hydrogen) atoms. The minimum absolute atomic E-state index is 0.0219. The lowest BCUT2D eigenvalue weighted by Crippen LogP contribution is -2.57. The van der Waals surface area contributed by atoms with Gasteiger partial charge >= 0.3 is 0 Å². The Morgan fingerprint density at radius 2 is 2.00 bits per heavy atom. The molecule has 1 heterocycles. The van der Waals surface area contributed by atoms with Gasteiger partial charge in [0.1, 0.15) is 6.04 Å². The minimum atomic E-state index is -0.734. The molecular formula is C11H19N3O3S. The summed E-state index contributed by atoms with van der Waals surface area (Å²) in [5, 5.41) is 0. The van der Waals surface area contributed by atoms with Gasteiger partial charge in [0, 0.05) is 6.54 Å². The predicted molar refractivity (Wildman–Crippen MR) is 70.6 cm³/mol. The summed E-state index contributed by atoms with van der Waals surface area (Å²) >= 11 is 4.93. The van der Waals surface area contributed by atoms with Gasteiger partial charge in [-0.05, 0) is 5.92 Å². The second-order valence-corrected chi connectivity index (χ2v) is 5.12. The van der Waals surface area contributed by atoms with Crippen molar-refractivity contribution in [2.24, 2.45) is 23.3 Å². The van der Waals surface area contributed by atoms with E-state index >= 15 is 0 Å². The maximum atomic E-state index is 12.4. The number of carbonyl (C=O) groups is 2. The summed E-state index contributed by atoms with van der Waals surface area (Å²) < 4.78 is 5.17. The molecule has 6 nitrogen and oxygen atoms in total. The van der Waals surface area contributed by atoms with Crippen molar-refractivity contribution >= 4 is 29.0 Å². The summed E-state index contributed by atoms with van der Waals surface area (Å²) in [4.78, 5) is 25.3. The minimum Gasteiger partial charge on any atom is -0.393 e. The molecule has 2 unspecified atom stereocenters. The zero-order valence-electron chi connectivity index (χ0n) is 10.6. The smallest absolute Gasteiger partial charge is 0.242 e. The second-order valence-electron chi connectivity index (χ2n) is 4.65. The molecule has 1 aliphatic rings. The van der Waals surface area contributed by atoms with E-state index in [2.05, 4.69) is 0 Å². The Morgan fingerprint density at radius 1 is 1.39 bits per heavy atom. The Bertz CT molecular complexity index is 359. The number of rotatable bonds is 4. The van der Waals surface area contributed by atoms with Crippen molar-refractivity contribution in [3.8, 4) is 0 Å². The summed E-state index contributed by atoms with van der Waals surface area (Å²) in [6.07, 6.45) is 0. The maximum Gasteiger partial charge on any atom is 0.242 e. The molecule has 0 saturated carbocycles. The molecule has 1 aliphatic heterocycles. The molecule has 2 amide bonds. The number of nitrogens with zero attached hydrogens (tertiary/aromatic N) is 1. The van der Waals surface area contributed by atoms with Crippen molar-refractivity contribution in [3.05, 3.63) is 0 Å². The topological polar surface area (TPSA) is 98.6 Å². The molecule has 0 aromatic rings. The van der Waals surface area contributed by atoms with Crippen LogP contribution in [0.2, 0.25) is 0 Å². The molecular weight excluding hydrogens is 254 g/mol. The molecule has 0 aromatic heterocycles. The van der Waals surface area contributed by atoms with E-state index in [-0.39, 0.29) is 23.4 Å². The number of hydrogen-bond donors (Lipinski definition) is 2. The first-order valence-electron chi connectivity index (χ1n) is 5.83. The zero-order chi connectivity index (χ0) is 13.9. The Labute approximate surface area is 112 Å². The van der Waals surface area contributed by atoms with Crippen LogP contribution in [-0.4, -0.2) is 47.5 Å². The SMILES string of the molecule is CC(C)C(C(=O)N1CCOCC1C(N)=O)C(N)=S. The third-order valence-electron chi connectivity index (χ3n) is 2.98. The largest absolute Gasteiger partial charge is 0.393 e. The molecule has 0 bridgehead atoms. The van der Waals surface area contributed by atoms with Crippen molar-refractivity contribution in [2.45, 2.75) is 19.9 Å². The van der Waals surface area contributed by atoms with Gasteiger partial charge < -0.3 is 21.1 Å². The summed E-state index contributed by atoms with van der Waals surface area (Å²) in [5.41, 5.74) is 10.9. The molecule has 1 rings (SSSR count). The number of amides is 2. The first-order chi connectivity index (χ1) is 8.36. The highest BCUT2D eigenvalue weighted by Gasteiger charge is 2.37. The van der Waals surface area contributed by atoms with Crippen molar-refractivity contribution in [1.29, 1.82) is 0 Å². The molecule has 7 heteroatoms. The molecule has 4 N–H and O–H groups in total. The van der Waals surface area contributed by atoms with E-state index in [1.807, 2.05) is 13.8 Å². The standard InChI is InChI=1S/C11H19N3O3S/c1-6(2)8(10(13)18)11(16)14-3-4-17-5-7(14)9(12)15/h6-8H,3-5H2,1-2H3,(H2,12,15)(H2,13,18). The lowest BCUT2D eigenvalue weighted by Gasteiger charge is -2.36. The second kappa shape index (κ2) is 6.10. The number of primary amides is 1. The summed E-state index contributed by atoms with van der Waals surface area (Å²) in [5.74, 6) is -1.41. The van der Waals surface area contributed by atoms with Gasteiger partial charge in [0.15, 0.2) is 0 Å². The average molecular weight is 273 g/mol. The molecule has 1 saturated heterocycles. The lowest BCUT2D eigenvalue weighted by atomic mass is 9.93. The van der Waals surface area contributed by atoms with Crippen LogP contribution in [0, 0.1) is 11.8 Å². The highest BCUT2D eigenvalue weighted by molar-refractivity contribution is 7.80. The van der Waals surface area contributed by atoms with E-state index in [1.54, 1.807) is 0 Å². The average Bonchev–Trinajstić information content (AvgIpc) is 2.27. The number of carbonyl (C=O) groups excluding carboxylic acids is 2. The first-order valence-corrected chi connectivity index (χ1v) is 6.24. The fourth-order valence-corrected chi connectivity index (χ4v) is 2.39. The van der Waals surface area contributed by atoms with Crippen LogP contribution in [0.1, 0.15) is 13.8 Å². The van der Waals surface area contributed by atoms with Gasteiger partial charge in [0.2, 0.25) is 11.8 Å². The fraction of sp³-hybridized carbons (Fsp3) is 0.727. The Hall–Kier alpha value is -1.21. The van der Waals surface area contributed by atoms with Crippen LogP contribution >= 0.6 is 12.2 Å². The van der Waals surface area contributed by atoms with Gasteiger partial charge in [-0.2, -0.15) is 0 Å². The van der Waals surface area contributed by atoms with Crippen molar-refractivity contribution < 1.29 is 14.3 Å². The van der Waals surface area contributed by atoms with E-state index < -0.39 is 17.9 Å². The highest BCUT2D eigenvalue weighted by atomic mass is 32.1. The molecule has 102 valence electrons. The van der Waals surface area contributed by atoms with Crippen molar-refractivity contribution in [3.63, 3.8) is 0 Å². The Kier molecular flexibility index (Phi) is 5.03. The third-order valence-corrected chi connectivity index (χ3v) is 3.23. The van der Waals surface area contributed by atoms with Crippen LogP contribution in [0.3, 0.4) is 0 Å². The van der Waals surface area contributed by atoms with Gasteiger partial charge in [0.05, 0.1) is 24.1 Å². The van der Waals surface area contributed by atoms with E-state index in [9.17, 15) is 9.59 Å². The van der Waals surface area contributed by atoms with Crippen LogP contribution in [0.25, 0.3) is 0 Å². The van der Waals surface area contributed by atoms with Crippen LogP contribution < -0.4 is 11.5 Å². The quantitative estimate of drug-likeness (QED) is 0.657. The Balaban J connectivity index is 2.91. The Morgan fingerprint density at radius 3 is 2.44 bits per heavy atom. The van der Waals surface area contributed by atoms with Crippen LogP contribution in [-0.2, 0) is 14.3 Å². The molecule has 0 aromatic carbocycles. The summed E-state index contributed by atoms with van der Waals surface area (Å²) in [6, 6.07) is -0.734.